The summed E-state index contributed by atoms with van der Waals surface area (Å²) in [5.41, 5.74) is 1.09. The molecule has 0 atom stereocenters. The molecular formula is C15H24N2O2S2. The van der Waals surface area contributed by atoms with Crippen LogP contribution in [0.25, 0.3) is 0 Å². The average Bonchev–Trinajstić information content (AvgIpc) is 3.37. The maximum atomic E-state index is 12.8. The van der Waals surface area contributed by atoms with Gasteiger partial charge in [-0.25, -0.2) is 8.42 Å². The number of hydrogen-bond acceptors (Lipinski definition) is 4. The molecule has 0 amide bonds. The van der Waals surface area contributed by atoms with Gasteiger partial charge in [0.05, 0.1) is 0 Å². The second-order valence-corrected chi connectivity index (χ2v) is 9.16. The molecule has 0 unspecified atom stereocenters. The number of unbranched alkanes of at least 4 members (excludes halogenated alkanes) is 1. The van der Waals surface area contributed by atoms with Crippen molar-refractivity contribution in [2.75, 3.05) is 6.54 Å². The third-order valence-corrected chi connectivity index (χ3v) is 7.47. The quantitative estimate of drug-likeness (QED) is 0.758. The van der Waals surface area contributed by atoms with E-state index < -0.39 is 10.0 Å². The van der Waals surface area contributed by atoms with Crippen molar-refractivity contribution in [3.8, 4) is 0 Å². The fraction of sp³-hybridized carbons (Fsp3) is 0.733. The van der Waals surface area contributed by atoms with Gasteiger partial charge < -0.3 is 5.32 Å². The number of sulfonamides is 1. The number of thiophene rings is 1. The molecule has 1 aromatic heterocycles. The van der Waals surface area contributed by atoms with Gasteiger partial charge in [0.1, 0.15) is 4.21 Å². The zero-order chi connectivity index (χ0) is 14.9. The molecule has 2 saturated carbocycles. The van der Waals surface area contributed by atoms with Crippen LogP contribution < -0.4 is 5.32 Å². The van der Waals surface area contributed by atoms with Crippen molar-refractivity contribution in [1.82, 2.24) is 9.62 Å². The second-order valence-electron chi connectivity index (χ2n) is 6.13. The summed E-state index contributed by atoms with van der Waals surface area (Å²) in [6.07, 6.45) is 6.51. The summed E-state index contributed by atoms with van der Waals surface area (Å²) in [7, 11) is -3.29. The number of nitrogens with zero attached hydrogens (tertiary/aromatic N) is 1. The van der Waals surface area contributed by atoms with E-state index in [-0.39, 0.29) is 6.04 Å². The third kappa shape index (κ3) is 3.86. The standard InChI is InChI=1S/C15H24N2O2S2/c1-2-3-8-17(14-6-7-14)21(18,19)15-9-12(11-20-15)10-16-13-4-5-13/h9,11,13-14,16H,2-8,10H2,1H3. The molecule has 118 valence electrons. The molecule has 0 aliphatic heterocycles. The van der Waals surface area contributed by atoms with Crippen molar-refractivity contribution in [3.63, 3.8) is 0 Å². The van der Waals surface area contributed by atoms with Gasteiger partial charge in [-0.1, -0.05) is 13.3 Å². The molecule has 6 heteroatoms. The largest absolute Gasteiger partial charge is 0.310 e. The fourth-order valence-electron chi connectivity index (χ4n) is 2.42. The molecule has 0 bridgehead atoms. The van der Waals surface area contributed by atoms with E-state index in [1.165, 1.54) is 24.2 Å². The summed E-state index contributed by atoms with van der Waals surface area (Å²) in [6.45, 7) is 3.55. The van der Waals surface area contributed by atoms with Gasteiger partial charge in [-0.2, -0.15) is 4.31 Å². The smallest absolute Gasteiger partial charge is 0.252 e. The highest BCUT2D eigenvalue weighted by atomic mass is 32.2. The van der Waals surface area contributed by atoms with Crippen LogP contribution in [-0.4, -0.2) is 31.4 Å². The molecule has 0 saturated heterocycles. The highest BCUT2D eigenvalue weighted by Gasteiger charge is 2.38. The predicted molar refractivity (Wildman–Crippen MR) is 86.0 cm³/mol. The van der Waals surface area contributed by atoms with Crippen LogP contribution in [0.3, 0.4) is 0 Å². The Morgan fingerprint density at radius 3 is 2.71 bits per heavy atom. The first kappa shape index (κ1) is 15.5. The van der Waals surface area contributed by atoms with Crippen LogP contribution in [0.1, 0.15) is 51.0 Å². The first-order valence-electron chi connectivity index (χ1n) is 7.94. The predicted octanol–water partition coefficient (Wildman–Crippen LogP) is 2.95. The molecule has 0 aromatic carbocycles. The first-order valence-corrected chi connectivity index (χ1v) is 10.3. The zero-order valence-corrected chi connectivity index (χ0v) is 14.2. The summed E-state index contributed by atoms with van der Waals surface area (Å²) in [5.74, 6) is 0. The molecule has 0 radical (unpaired) electrons. The van der Waals surface area contributed by atoms with Crippen LogP contribution in [-0.2, 0) is 16.6 Å². The highest BCUT2D eigenvalue weighted by Crippen LogP contribution is 2.34. The van der Waals surface area contributed by atoms with Crippen LogP contribution in [0.4, 0.5) is 0 Å². The summed E-state index contributed by atoms with van der Waals surface area (Å²) < 4.78 is 27.8. The Bertz CT molecular complexity index is 574. The molecule has 0 spiro atoms. The molecule has 1 heterocycles. The molecular weight excluding hydrogens is 304 g/mol. The van der Waals surface area contributed by atoms with Gasteiger partial charge in [0.2, 0.25) is 0 Å². The average molecular weight is 329 g/mol. The molecule has 21 heavy (non-hydrogen) atoms. The monoisotopic (exact) mass is 328 g/mol. The first-order chi connectivity index (χ1) is 10.1. The summed E-state index contributed by atoms with van der Waals surface area (Å²) in [6, 6.07) is 2.76. The van der Waals surface area contributed by atoms with Crippen molar-refractivity contribution in [2.24, 2.45) is 0 Å². The Morgan fingerprint density at radius 2 is 2.10 bits per heavy atom. The zero-order valence-electron chi connectivity index (χ0n) is 12.5. The van der Waals surface area contributed by atoms with Gasteiger partial charge in [0, 0.05) is 25.2 Å². The fourth-order valence-corrected chi connectivity index (χ4v) is 5.48. The molecule has 4 nitrogen and oxygen atoms in total. The summed E-state index contributed by atoms with van der Waals surface area (Å²) in [5, 5.41) is 5.41. The van der Waals surface area contributed by atoms with Crippen molar-refractivity contribution in [1.29, 1.82) is 0 Å². The van der Waals surface area contributed by atoms with E-state index in [0.29, 0.717) is 16.8 Å². The van der Waals surface area contributed by atoms with Crippen LogP contribution in [0.2, 0.25) is 0 Å². The Balaban J connectivity index is 1.69. The minimum absolute atomic E-state index is 0.247. The van der Waals surface area contributed by atoms with E-state index >= 15 is 0 Å². The molecule has 2 aliphatic rings. The normalized spacial score (nSPS) is 19.3. The maximum Gasteiger partial charge on any atom is 0.252 e. The molecule has 3 rings (SSSR count). The SMILES string of the molecule is CCCCN(C1CC1)S(=O)(=O)c1cc(CNC2CC2)cs1. The highest BCUT2D eigenvalue weighted by molar-refractivity contribution is 7.91. The van der Waals surface area contributed by atoms with Gasteiger partial charge >= 0.3 is 0 Å². The van der Waals surface area contributed by atoms with Crippen LogP contribution in [0, 0.1) is 0 Å². The number of nitrogens with one attached hydrogen (secondary N) is 1. The van der Waals surface area contributed by atoms with Gasteiger partial charge in [0.25, 0.3) is 10.0 Å². The van der Waals surface area contributed by atoms with Gasteiger partial charge in [-0.05, 0) is 49.1 Å². The molecule has 2 aliphatic carbocycles. The Hall–Kier alpha value is -0.430. The lowest BCUT2D eigenvalue weighted by atomic mass is 10.3. The Morgan fingerprint density at radius 1 is 1.33 bits per heavy atom. The second kappa shape index (κ2) is 6.36. The molecule has 1 N–H and O–H groups in total. The summed E-state index contributed by atoms with van der Waals surface area (Å²) >= 11 is 1.37. The van der Waals surface area contributed by atoms with Crippen molar-refractivity contribution < 1.29 is 8.42 Å². The third-order valence-electron chi connectivity index (χ3n) is 4.05. The maximum absolute atomic E-state index is 12.8. The lowest BCUT2D eigenvalue weighted by Gasteiger charge is -2.20. The van der Waals surface area contributed by atoms with Crippen molar-refractivity contribution in [2.45, 2.75) is 68.3 Å². The van der Waals surface area contributed by atoms with E-state index in [4.69, 9.17) is 0 Å². The minimum Gasteiger partial charge on any atom is -0.310 e. The molecule has 2 fully saturated rings. The van der Waals surface area contributed by atoms with Gasteiger partial charge in [-0.3, -0.25) is 0 Å². The minimum atomic E-state index is -3.29. The van der Waals surface area contributed by atoms with Crippen molar-refractivity contribution >= 4 is 21.4 Å². The van der Waals surface area contributed by atoms with Crippen LogP contribution >= 0.6 is 11.3 Å². The van der Waals surface area contributed by atoms with E-state index in [9.17, 15) is 8.42 Å². The van der Waals surface area contributed by atoms with E-state index in [0.717, 1.165) is 37.8 Å². The topological polar surface area (TPSA) is 49.4 Å². The Kier molecular flexibility index (Phi) is 4.69. The number of rotatable bonds is 9. The van der Waals surface area contributed by atoms with E-state index in [1.807, 2.05) is 11.4 Å². The van der Waals surface area contributed by atoms with Gasteiger partial charge in [0.15, 0.2) is 0 Å². The van der Waals surface area contributed by atoms with E-state index in [2.05, 4.69) is 12.2 Å². The Labute approximate surface area is 131 Å². The lowest BCUT2D eigenvalue weighted by molar-refractivity contribution is 0.397. The van der Waals surface area contributed by atoms with Crippen molar-refractivity contribution in [3.05, 3.63) is 17.0 Å². The number of hydrogen-bond donors (Lipinski definition) is 1. The molecule has 1 aromatic rings. The van der Waals surface area contributed by atoms with Crippen LogP contribution in [0.15, 0.2) is 15.7 Å². The van der Waals surface area contributed by atoms with E-state index in [1.54, 1.807) is 4.31 Å². The van der Waals surface area contributed by atoms with Gasteiger partial charge in [-0.15, -0.1) is 11.3 Å². The summed E-state index contributed by atoms with van der Waals surface area (Å²) in [4.78, 5) is 0. The van der Waals surface area contributed by atoms with Crippen LogP contribution in [0.5, 0.6) is 0 Å². The lowest BCUT2D eigenvalue weighted by Crippen LogP contribution is -2.33.